The van der Waals surface area contributed by atoms with E-state index >= 15 is 0 Å². The van der Waals surface area contributed by atoms with Gasteiger partial charge in [0, 0.05) is 25.9 Å². The van der Waals surface area contributed by atoms with Gasteiger partial charge in [0.05, 0.1) is 6.54 Å². The summed E-state index contributed by atoms with van der Waals surface area (Å²) in [6, 6.07) is 3.81. The van der Waals surface area contributed by atoms with Gasteiger partial charge in [-0.1, -0.05) is 12.1 Å². The highest BCUT2D eigenvalue weighted by atomic mass is 16.3. The lowest BCUT2D eigenvalue weighted by molar-refractivity contribution is 0.0987. The normalized spacial score (nSPS) is 18.5. The molecule has 2 aromatic rings. The van der Waals surface area contributed by atoms with Crippen molar-refractivity contribution in [3.05, 3.63) is 53.1 Å². The Labute approximate surface area is 143 Å². The second-order valence-corrected chi connectivity index (χ2v) is 5.02. The Kier molecular flexibility index (Phi) is 3.20. The average molecular weight is 321 g/mol. The Morgan fingerprint density at radius 3 is 2.57 bits per heavy atom. The molecule has 2 rings (SSSR count). The van der Waals surface area contributed by atoms with Crippen molar-refractivity contribution in [1.82, 2.24) is 5.32 Å². The molecule has 0 amide bonds. The van der Waals surface area contributed by atoms with E-state index in [-0.39, 0.29) is 28.4 Å². The van der Waals surface area contributed by atoms with E-state index in [9.17, 15) is 20.1 Å². The number of carbonyl (C=O) groups is 1. The molecule has 0 spiro atoms. The Bertz CT molecular complexity index is 911. The van der Waals surface area contributed by atoms with E-state index < -0.39 is 31.6 Å². The van der Waals surface area contributed by atoms with Crippen molar-refractivity contribution in [3.8, 4) is 17.2 Å². The first-order valence-corrected chi connectivity index (χ1v) is 6.80. The smallest absolute Gasteiger partial charge is 0.176 e. The van der Waals surface area contributed by atoms with Crippen molar-refractivity contribution in [1.29, 1.82) is 0 Å². The Hall–Kier alpha value is -2.53. The van der Waals surface area contributed by atoms with Crippen molar-refractivity contribution in [3.63, 3.8) is 0 Å². The zero-order valence-electron chi connectivity index (χ0n) is 18.4. The topological polar surface area (TPSA) is 89.8 Å². The molecule has 1 unspecified atom stereocenters. The number of hydrogen-bond acceptors (Lipinski definition) is 5. The number of aryl methyl sites for hydroxylation is 1. The molecule has 0 aromatic heterocycles. The number of ketones is 1. The summed E-state index contributed by atoms with van der Waals surface area (Å²) in [5, 5.41) is 30.8. The number of nitrogens with one attached hydrogen (secondary N) is 1. The summed E-state index contributed by atoms with van der Waals surface area (Å²) in [5.74, 6) is -1.62. The molecular formula is C18H21NO4. The molecule has 23 heavy (non-hydrogen) atoms. The SMILES string of the molecule is [2H]C([2H])([2H])C([2H])(NCC(=O)c1cc(O)cc(O)c1)C([2H])([2H])c1ccc(O)c(C)c1. The maximum absolute atomic E-state index is 12.4. The lowest BCUT2D eigenvalue weighted by atomic mass is 10.0. The van der Waals surface area contributed by atoms with Crippen molar-refractivity contribution in [2.75, 3.05) is 6.54 Å². The van der Waals surface area contributed by atoms with E-state index in [2.05, 4.69) is 5.32 Å². The highest BCUT2D eigenvalue weighted by Crippen LogP contribution is 2.21. The maximum Gasteiger partial charge on any atom is 0.176 e. The minimum Gasteiger partial charge on any atom is -0.508 e. The van der Waals surface area contributed by atoms with E-state index in [0.717, 1.165) is 18.2 Å². The fraction of sp³-hybridized carbons (Fsp3) is 0.278. The third kappa shape index (κ3) is 4.72. The Balaban J connectivity index is 2.39. The summed E-state index contributed by atoms with van der Waals surface area (Å²) < 4.78 is 48.2. The molecule has 0 heterocycles. The van der Waals surface area contributed by atoms with Gasteiger partial charge in [0.2, 0.25) is 0 Å². The van der Waals surface area contributed by atoms with E-state index in [1.165, 1.54) is 25.1 Å². The fourth-order valence-electron chi connectivity index (χ4n) is 1.95. The van der Waals surface area contributed by atoms with Crippen LogP contribution in [0.4, 0.5) is 0 Å². The van der Waals surface area contributed by atoms with Gasteiger partial charge >= 0.3 is 0 Å². The van der Waals surface area contributed by atoms with Gasteiger partial charge < -0.3 is 20.6 Å². The number of phenolic OH excluding ortho intramolecular Hbond substituents is 3. The summed E-state index contributed by atoms with van der Waals surface area (Å²) >= 11 is 0. The molecule has 0 aliphatic carbocycles. The molecular weight excluding hydrogens is 294 g/mol. The quantitative estimate of drug-likeness (QED) is 0.614. The molecule has 0 radical (unpaired) electrons. The summed E-state index contributed by atoms with van der Waals surface area (Å²) in [6.07, 6.45) is -2.78. The van der Waals surface area contributed by atoms with Gasteiger partial charge in [0.1, 0.15) is 17.2 Å². The zero-order chi connectivity index (χ0) is 22.2. The van der Waals surface area contributed by atoms with Crippen LogP contribution in [-0.2, 0) is 6.37 Å². The first-order chi connectivity index (χ1) is 13.2. The first kappa shape index (κ1) is 10.3. The summed E-state index contributed by atoms with van der Waals surface area (Å²) in [5.41, 5.74) is 0.00313. The lowest BCUT2D eigenvalue weighted by Gasteiger charge is -2.14. The molecule has 0 aliphatic rings. The highest BCUT2D eigenvalue weighted by molar-refractivity contribution is 5.98. The Morgan fingerprint density at radius 2 is 1.96 bits per heavy atom. The number of carbonyl (C=O) groups excluding carboxylic acids is 1. The van der Waals surface area contributed by atoms with Crippen LogP contribution in [-0.4, -0.2) is 33.7 Å². The van der Waals surface area contributed by atoms with Gasteiger partial charge in [-0.25, -0.2) is 0 Å². The second-order valence-electron chi connectivity index (χ2n) is 5.02. The molecule has 0 saturated heterocycles. The molecule has 0 aliphatic heterocycles. The molecule has 122 valence electrons. The minimum absolute atomic E-state index is 0.110. The van der Waals surface area contributed by atoms with Gasteiger partial charge in [-0.05, 0) is 49.5 Å². The lowest BCUT2D eigenvalue weighted by Crippen LogP contribution is -2.33. The minimum atomic E-state index is -3.18. The number of phenols is 3. The van der Waals surface area contributed by atoms with Gasteiger partial charge in [-0.2, -0.15) is 0 Å². The Morgan fingerprint density at radius 1 is 1.26 bits per heavy atom. The van der Waals surface area contributed by atoms with E-state index in [1.807, 2.05) is 0 Å². The van der Waals surface area contributed by atoms with E-state index in [4.69, 9.17) is 8.22 Å². The van der Waals surface area contributed by atoms with Gasteiger partial charge in [-0.15, -0.1) is 0 Å². The molecule has 5 heteroatoms. The van der Waals surface area contributed by atoms with Crippen LogP contribution in [0, 0.1) is 6.92 Å². The van der Waals surface area contributed by atoms with E-state index in [1.54, 1.807) is 0 Å². The molecule has 0 fully saturated rings. The molecule has 0 bridgehead atoms. The van der Waals surface area contributed by atoms with Crippen LogP contribution in [0.5, 0.6) is 17.2 Å². The summed E-state index contributed by atoms with van der Waals surface area (Å²) in [6.45, 7) is -2.41. The summed E-state index contributed by atoms with van der Waals surface area (Å²) in [4.78, 5) is 12.4. The van der Waals surface area contributed by atoms with Gasteiger partial charge in [0.15, 0.2) is 5.78 Å². The number of rotatable bonds is 6. The number of aromatic hydroxyl groups is 3. The molecule has 1 atom stereocenters. The number of benzene rings is 2. The van der Waals surface area contributed by atoms with Crippen molar-refractivity contribution < 1.29 is 28.3 Å². The third-order valence-electron chi connectivity index (χ3n) is 3.12. The largest absolute Gasteiger partial charge is 0.508 e. The van der Waals surface area contributed by atoms with Crippen LogP contribution in [0.2, 0.25) is 0 Å². The zero-order valence-corrected chi connectivity index (χ0v) is 12.4. The molecule has 2 aromatic carbocycles. The van der Waals surface area contributed by atoms with E-state index in [0.29, 0.717) is 5.56 Å². The fourth-order valence-corrected chi connectivity index (χ4v) is 1.95. The van der Waals surface area contributed by atoms with Crippen LogP contribution in [0.25, 0.3) is 0 Å². The maximum atomic E-state index is 12.4. The predicted octanol–water partition coefficient (Wildman–Crippen LogP) is 2.52. The molecule has 4 N–H and O–H groups in total. The van der Waals surface area contributed by atoms with Gasteiger partial charge in [-0.3, -0.25) is 4.79 Å². The molecule has 5 nitrogen and oxygen atoms in total. The summed E-state index contributed by atoms with van der Waals surface area (Å²) in [7, 11) is 0. The van der Waals surface area contributed by atoms with Crippen LogP contribution in [0.1, 0.15) is 36.6 Å². The van der Waals surface area contributed by atoms with Crippen molar-refractivity contribution in [2.24, 2.45) is 0 Å². The van der Waals surface area contributed by atoms with Crippen LogP contribution < -0.4 is 5.32 Å². The number of hydrogen-bond donors (Lipinski definition) is 4. The third-order valence-corrected chi connectivity index (χ3v) is 3.12. The monoisotopic (exact) mass is 321 g/mol. The average Bonchev–Trinajstić information content (AvgIpc) is 2.59. The standard InChI is InChI=1S/C18H21NO4/c1-11-5-13(3-4-17(11)22)6-12(2)19-10-18(23)14-7-15(20)9-16(21)8-14/h3-5,7-9,12,19-22H,6,10H2,1-2H3/i2D3,6D2,12D. The second kappa shape index (κ2) is 7.15. The van der Waals surface area contributed by atoms with Crippen molar-refractivity contribution >= 4 is 5.78 Å². The van der Waals surface area contributed by atoms with Crippen LogP contribution in [0.3, 0.4) is 0 Å². The van der Waals surface area contributed by atoms with Crippen molar-refractivity contribution in [2.45, 2.75) is 26.2 Å². The van der Waals surface area contributed by atoms with Crippen LogP contribution >= 0.6 is 0 Å². The van der Waals surface area contributed by atoms with Crippen LogP contribution in [0.15, 0.2) is 36.4 Å². The number of Topliss-reactive ketones (excluding diaryl/α,β-unsaturated/α-hetero) is 1. The molecule has 0 saturated carbocycles. The first-order valence-electron chi connectivity index (χ1n) is 9.80. The van der Waals surface area contributed by atoms with Gasteiger partial charge in [0.25, 0.3) is 0 Å². The highest BCUT2D eigenvalue weighted by Gasteiger charge is 2.11. The predicted molar refractivity (Wildman–Crippen MR) is 88.1 cm³/mol.